The van der Waals surface area contributed by atoms with E-state index in [0.29, 0.717) is 5.82 Å². The Hall–Kier alpha value is -2.51. The number of anilines is 1. The van der Waals surface area contributed by atoms with Gasteiger partial charge in [0.2, 0.25) is 0 Å². The van der Waals surface area contributed by atoms with Gasteiger partial charge in [0.05, 0.1) is 7.11 Å². The molecule has 0 aromatic carbocycles. The normalized spacial score (nSPS) is 10.7. The van der Waals surface area contributed by atoms with Crippen LogP contribution >= 0.6 is 0 Å². The van der Waals surface area contributed by atoms with Gasteiger partial charge >= 0.3 is 5.97 Å². The number of carbonyl (C=O) groups is 1. The number of methoxy groups -OCH3 is 1. The Morgan fingerprint density at radius 2 is 2.14 bits per heavy atom. The second-order valence-electron chi connectivity index (χ2n) is 4.65. The minimum atomic E-state index is -0.583. The fourth-order valence-electron chi connectivity index (χ4n) is 1.96. The lowest BCUT2D eigenvalue weighted by molar-refractivity contribution is 0.0587. The summed E-state index contributed by atoms with van der Waals surface area (Å²) < 4.78 is 6.07. The molecule has 0 radical (unpaired) electrons. The largest absolute Gasteiger partial charge is 0.463 e. The molecule has 0 unspecified atom stereocenters. The van der Waals surface area contributed by atoms with Crippen molar-refractivity contribution in [1.82, 2.24) is 24.7 Å². The predicted octanol–water partition coefficient (Wildman–Crippen LogP) is 1.40. The van der Waals surface area contributed by atoms with Crippen LogP contribution in [0.25, 0.3) is 5.82 Å². The Morgan fingerprint density at radius 3 is 2.76 bits per heavy atom. The van der Waals surface area contributed by atoms with Crippen molar-refractivity contribution in [1.29, 1.82) is 0 Å². The summed E-state index contributed by atoms with van der Waals surface area (Å²) in [5, 5.41) is 7.31. The molecule has 112 valence electrons. The van der Waals surface area contributed by atoms with Crippen LogP contribution in [-0.4, -0.2) is 44.4 Å². The minimum Gasteiger partial charge on any atom is -0.463 e. The molecule has 0 atom stereocenters. The molecule has 8 heteroatoms. The first-order valence-electron chi connectivity index (χ1n) is 6.67. The van der Waals surface area contributed by atoms with Crippen molar-refractivity contribution in [3.8, 4) is 5.82 Å². The quantitative estimate of drug-likeness (QED) is 0.831. The van der Waals surface area contributed by atoms with Crippen LogP contribution in [0.3, 0.4) is 0 Å². The zero-order valence-electron chi connectivity index (χ0n) is 12.5. The molecule has 2 aromatic heterocycles. The lowest BCUT2D eigenvalue weighted by Gasteiger charge is -2.15. The fraction of sp³-hybridized carbons (Fsp3) is 0.462. The van der Waals surface area contributed by atoms with Crippen LogP contribution in [0, 0.1) is 0 Å². The Morgan fingerprint density at radius 1 is 1.38 bits per heavy atom. The molecule has 2 rings (SSSR count). The van der Waals surface area contributed by atoms with E-state index in [-0.39, 0.29) is 11.7 Å². The third-order valence-corrected chi connectivity index (χ3v) is 2.86. The van der Waals surface area contributed by atoms with Crippen molar-refractivity contribution in [3.05, 3.63) is 24.0 Å². The number of aromatic nitrogens is 5. The number of hydrogen-bond acceptors (Lipinski definition) is 7. The molecule has 2 aromatic rings. The lowest BCUT2D eigenvalue weighted by Crippen LogP contribution is -2.12. The molecule has 0 fully saturated rings. The molecule has 0 saturated heterocycles. The van der Waals surface area contributed by atoms with Crippen molar-refractivity contribution < 1.29 is 9.53 Å². The van der Waals surface area contributed by atoms with E-state index in [4.69, 9.17) is 0 Å². The smallest absolute Gasteiger partial charge is 0.377 e. The summed E-state index contributed by atoms with van der Waals surface area (Å²) in [6.45, 7) is 6.83. The summed E-state index contributed by atoms with van der Waals surface area (Å²) in [7, 11) is 1.29. The van der Waals surface area contributed by atoms with Crippen LogP contribution in [0.1, 0.15) is 42.9 Å². The average Bonchev–Trinajstić information content (AvgIpc) is 2.96. The second-order valence-corrected chi connectivity index (χ2v) is 4.65. The Labute approximate surface area is 122 Å². The van der Waals surface area contributed by atoms with Gasteiger partial charge in [0.25, 0.3) is 5.82 Å². The summed E-state index contributed by atoms with van der Waals surface area (Å²) >= 11 is 0. The highest BCUT2D eigenvalue weighted by Crippen LogP contribution is 2.26. The summed E-state index contributed by atoms with van der Waals surface area (Å²) in [6, 6.07) is 0. The van der Waals surface area contributed by atoms with Gasteiger partial charge in [-0.15, -0.1) is 5.10 Å². The van der Waals surface area contributed by atoms with E-state index in [1.165, 1.54) is 24.4 Å². The molecule has 0 saturated carbocycles. The van der Waals surface area contributed by atoms with Crippen LogP contribution in [0.15, 0.2) is 12.7 Å². The predicted molar refractivity (Wildman–Crippen MR) is 76.5 cm³/mol. The van der Waals surface area contributed by atoms with Gasteiger partial charge in [-0.25, -0.2) is 24.4 Å². The van der Waals surface area contributed by atoms with Gasteiger partial charge in [-0.3, -0.25) is 0 Å². The lowest BCUT2D eigenvalue weighted by atomic mass is 10.0. The topological polar surface area (TPSA) is 94.8 Å². The third kappa shape index (κ3) is 2.99. The molecule has 0 amide bonds. The van der Waals surface area contributed by atoms with Crippen LogP contribution in [-0.2, 0) is 4.74 Å². The number of nitrogens with one attached hydrogen (secondary N) is 1. The molecule has 8 nitrogen and oxygen atoms in total. The van der Waals surface area contributed by atoms with Crippen molar-refractivity contribution in [2.45, 2.75) is 26.7 Å². The van der Waals surface area contributed by atoms with E-state index in [1.807, 2.05) is 20.8 Å². The monoisotopic (exact) mass is 290 g/mol. The standard InChI is InChI=1S/C13H18N6O2/c1-5-14-10-9(8(2)3)12(16-6-15-10)19-7-17-11(18-19)13(20)21-4/h6-8H,5H2,1-4H3,(H,14,15,16). The van der Waals surface area contributed by atoms with E-state index in [2.05, 4.69) is 30.1 Å². The van der Waals surface area contributed by atoms with Crippen LogP contribution in [0.2, 0.25) is 0 Å². The first-order valence-corrected chi connectivity index (χ1v) is 6.67. The maximum atomic E-state index is 11.4. The number of rotatable bonds is 5. The SMILES string of the molecule is CCNc1ncnc(-n2cnc(C(=O)OC)n2)c1C(C)C. The average molecular weight is 290 g/mol. The molecular weight excluding hydrogens is 272 g/mol. The highest BCUT2D eigenvalue weighted by molar-refractivity contribution is 5.84. The van der Waals surface area contributed by atoms with Crippen LogP contribution in [0.4, 0.5) is 5.82 Å². The zero-order valence-corrected chi connectivity index (χ0v) is 12.5. The Kier molecular flexibility index (Phi) is 4.46. The first kappa shape index (κ1) is 14.9. The molecule has 1 N–H and O–H groups in total. The van der Waals surface area contributed by atoms with Gasteiger partial charge in [-0.1, -0.05) is 13.8 Å². The number of esters is 1. The molecule has 0 bridgehead atoms. The van der Waals surface area contributed by atoms with E-state index in [1.54, 1.807) is 0 Å². The fourth-order valence-corrected chi connectivity index (χ4v) is 1.96. The van der Waals surface area contributed by atoms with Crippen molar-refractivity contribution in [2.75, 3.05) is 19.0 Å². The number of hydrogen-bond donors (Lipinski definition) is 1. The highest BCUT2D eigenvalue weighted by atomic mass is 16.5. The van der Waals surface area contributed by atoms with E-state index < -0.39 is 5.97 Å². The summed E-state index contributed by atoms with van der Waals surface area (Å²) in [4.78, 5) is 23.9. The van der Waals surface area contributed by atoms with Crippen LogP contribution in [0.5, 0.6) is 0 Å². The Balaban J connectivity index is 2.50. The molecule has 0 aliphatic heterocycles. The molecule has 2 heterocycles. The van der Waals surface area contributed by atoms with Gasteiger partial charge in [0.1, 0.15) is 18.5 Å². The molecule has 21 heavy (non-hydrogen) atoms. The first-order chi connectivity index (χ1) is 10.1. The maximum Gasteiger partial charge on any atom is 0.377 e. The van der Waals surface area contributed by atoms with Crippen molar-refractivity contribution in [2.24, 2.45) is 0 Å². The third-order valence-electron chi connectivity index (χ3n) is 2.86. The Bertz CT molecular complexity index is 637. The van der Waals surface area contributed by atoms with Crippen LogP contribution < -0.4 is 5.32 Å². The van der Waals surface area contributed by atoms with E-state index >= 15 is 0 Å². The van der Waals surface area contributed by atoms with Gasteiger partial charge in [0, 0.05) is 12.1 Å². The van der Waals surface area contributed by atoms with Crippen molar-refractivity contribution >= 4 is 11.8 Å². The molecular formula is C13H18N6O2. The zero-order chi connectivity index (χ0) is 15.4. The minimum absolute atomic E-state index is 0.00387. The second kappa shape index (κ2) is 6.29. The summed E-state index contributed by atoms with van der Waals surface area (Å²) in [5.41, 5.74) is 0.917. The van der Waals surface area contributed by atoms with Gasteiger partial charge in [-0.05, 0) is 12.8 Å². The van der Waals surface area contributed by atoms with Gasteiger partial charge in [0.15, 0.2) is 5.82 Å². The van der Waals surface area contributed by atoms with Gasteiger partial charge in [-0.2, -0.15) is 0 Å². The summed E-state index contributed by atoms with van der Waals surface area (Å²) in [5.74, 6) is 0.948. The molecule has 0 aliphatic carbocycles. The number of nitrogens with zero attached hydrogens (tertiary/aromatic N) is 5. The molecule has 0 spiro atoms. The van der Waals surface area contributed by atoms with E-state index in [0.717, 1.165) is 17.9 Å². The van der Waals surface area contributed by atoms with E-state index in [9.17, 15) is 4.79 Å². The molecule has 0 aliphatic rings. The highest BCUT2D eigenvalue weighted by Gasteiger charge is 2.19. The van der Waals surface area contributed by atoms with Crippen molar-refractivity contribution in [3.63, 3.8) is 0 Å². The number of carbonyl (C=O) groups excluding carboxylic acids is 1. The number of ether oxygens (including phenoxy) is 1. The maximum absolute atomic E-state index is 11.4. The van der Waals surface area contributed by atoms with Gasteiger partial charge < -0.3 is 10.1 Å². The summed E-state index contributed by atoms with van der Waals surface area (Å²) in [6.07, 6.45) is 2.90.